The summed E-state index contributed by atoms with van der Waals surface area (Å²) in [5.74, 6) is 0. The van der Waals surface area contributed by atoms with Crippen LogP contribution in [0.3, 0.4) is 0 Å². The van der Waals surface area contributed by atoms with Crippen LogP contribution in [0.25, 0.3) is 0 Å². The van der Waals surface area contributed by atoms with Crippen LogP contribution in [0, 0.1) is 11.3 Å². The molecule has 0 bridgehead atoms. The topological polar surface area (TPSA) is 96.0 Å². The lowest BCUT2D eigenvalue weighted by Crippen LogP contribution is -2.14. The van der Waals surface area contributed by atoms with Gasteiger partial charge in [-0.05, 0) is 42.5 Å². The zero-order valence-electron chi connectivity index (χ0n) is 10.2. The molecular weight excluding hydrogens is 298 g/mol. The molecule has 0 amide bonds. The minimum Gasteiger partial charge on any atom is -0.397 e. The third kappa shape index (κ3) is 3.02. The minimum absolute atomic E-state index is 0.0378. The van der Waals surface area contributed by atoms with E-state index in [9.17, 15) is 8.42 Å². The SMILES string of the molecule is N#Cc1ccc(S(=O)(=O)Nc2cc(Cl)ccc2N)cc1. The first-order valence-corrected chi connectivity index (χ1v) is 7.36. The highest BCUT2D eigenvalue weighted by atomic mass is 35.5. The molecule has 20 heavy (non-hydrogen) atoms. The lowest BCUT2D eigenvalue weighted by molar-refractivity contribution is 0.601. The average molecular weight is 308 g/mol. The van der Waals surface area contributed by atoms with Crippen LogP contribution >= 0.6 is 11.6 Å². The Bertz CT molecular complexity index is 780. The normalized spacial score (nSPS) is 10.8. The highest BCUT2D eigenvalue weighted by molar-refractivity contribution is 7.92. The van der Waals surface area contributed by atoms with Crippen LogP contribution in [0.1, 0.15) is 5.56 Å². The molecule has 5 nitrogen and oxygen atoms in total. The minimum atomic E-state index is -3.78. The summed E-state index contributed by atoms with van der Waals surface area (Å²) in [5.41, 5.74) is 6.55. The van der Waals surface area contributed by atoms with Crippen LogP contribution in [0.4, 0.5) is 11.4 Å². The van der Waals surface area contributed by atoms with Gasteiger partial charge in [0.05, 0.1) is 27.9 Å². The molecule has 7 heteroatoms. The van der Waals surface area contributed by atoms with Crippen molar-refractivity contribution in [1.29, 1.82) is 5.26 Å². The van der Waals surface area contributed by atoms with E-state index in [1.165, 1.54) is 36.4 Å². The summed E-state index contributed by atoms with van der Waals surface area (Å²) < 4.78 is 26.7. The average Bonchev–Trinajstić information content (AvgIpc) is 2.43. The number of nitrogens with one attached hydrogen (secondary N) is 1. The van der Waals surface area contributed by atoms with Gasteiger partial charge in [0.15, 0.2) is 0 Å². The van der Waals surface area contributed by atoms with Gasteiger partial charge in [0, 0.05) is 5.02 Å². The number of anilines is 2. The van der Waals surface area contributed by atoms with Crippen molar-refractivity contribution < 1.29 is 8.42 Å². The highest BCUT2D eigenvalue weighted by Crippen LogP contribution is 2.25. The Morgan fingerprint density at radius 1 is 1.15 bits per heavy atom. The summed E-state index contributed by atoms with van der Waals surface area (Å²) in [7, 11) is -3.78. The molecule has 0 saturated heterocycles. The maximum Gasteiger partial charge on any atom is 0.261 e. The van der Waals surface area contributed by atoms with Gasteiger partial charge in [0.25, 0.3) is 10.0 Å². The van der Waals surface area contributed by atoms with Crippen molar-refractivity contribution in [2.45, 2.75) is 4.90 Å². The Kier molecular flexibility index (Phi) is 3.84. The monoisotopic (exact) mass is 307 g/mol. The van der Waals surface area contributed by atoms with Crippen LogP contribution in [0.5, 0.6) is 0 Å². The standard InChI is InChI=1S/C13H10ClN3O2S/c14-10-3-6-12(16)13(7-10)17-20(18,19)11-4-1-9(8-15)2-5-11/h1-7,17H,16H2. The molecule has 0 aromatic heterocycles. The molecule has 3 N–H and O–H groups in total. The van der Waals surface area contributed by atoms with E-state index in [4.69, 9.17) is 22.6 Å². The van der Waals surface area contributed by atoms with Crippen LogP contribution < -0.4 is 10.5 Å². The number of hydrogen-bond donors (Lipinski definition) is 2. The van der Waals surface area contributed by atoms with E-state index in [1.54, 1.807) is 6.07 Å². The molecular formula is C13H10ClN3O2S. The van der Waals surface area contributed by atoms with Crippen LogP contribution in [-0.2, 0) is 10.0 Å². The van der Waals surface area contributed by atoms with Gasteiger partial charge in [0.2, 0.25) is 0 Å². The molecule has 0 heterocycles. The van der Waals surface area contributed by atoms with Crippen molar-refractivity contribution in [2.75, 3.05) is 10.5 Å². The lowest BCUT2D eigenvalue weighted by Gasteiger charge is -2.10. The Morgan fingerprint density at radius 2 is 1.80 bits per heavy atom. The number of sulfonamides is 1. The molecule has 2 rings (SSSR count). The number of nitrogens with zero attached hydrogens (tertiary/aromatic N) is 1. The molecule has 0 aliphatic heterocycles. The van der Waals surface area contributed by atoms with Crippen molar-refractivity contribution in [3.8, 4) is 6.07 Å². The molecule has 0 atom stereocenters. The first-order valence-electron chi connectivity index (χ1n) is 5.50. The molecule has 0 aliphatic rings. The summed E-state index contributed by atoms with van der Waals surface area (Å²) in [6.45, 7) is 0. The van der Waals surface area contributed by atoms with E-state index >= 15 is 0 Å². The second-order valence-corrected chi connectivity index (χ2v) is 6.09. The fourth-order valence-electron chi connectivity index (χ4n) is 1.53. The van der Waals surface area contributed by atoms with Gasteiger partial charge in [-0.2, -0.15) is 5.26 Å². The zero-order chi connectivity index (χ0) is 14.8. The van der Waals surface area contributed by atoms with Gasteiger partial charge in [-0.25, -0.2) is 8.42 Å². The van der Waals surface area contributed by atoms with E-state index < -0.39 is 10.0 Å². The fourth-order valence-corrected chi connectivity index (χ4v) is 2.78. The van der Waals surface area contributed by atoms with Crippen molar-refractivity contribution in [1.82, 2.24) is 0 Å². The number of halogens is 1. The quantitative estimate of drug-likeness (QED) is 0.852. The highest BCUT2D eigenvalue weighted by Gasteiger charge is 2.15. The predicted octanol–water partition coefficient (Wildman–Crippen LogP) is 2.59. The van der Waals surface area contributed by atoms with Gasteiger partial charge < -0.3 is 5.73 Å². The number of nitrogen functional groups attached to an aromatic ring is 1. The number of hydrogen-bond acceptors (Lipinski definition) is 4. The van der Waals surface area contributed by atoms with E-state index in [0.29, 0.717) is 10.6 Å². The maximum absolute atomic E-state index is 12.2. The van der Waals surface area contributed by atoms with E-state index in [1.807, 2.05) is 6.07 Å². The maximum atomic E-state index is 12.2. The lowest BCUT2D eigenvalue weighted by atomic mass is 10.2. The summed E-state index contributed by atoms with van der Waals surface area (Å²) in [4.78, 5) is 0.0378. The third-order valence-electron chi connectivity index (χ3n) is 2.55. The fraction of sp³-hybridized carbons (Fsp3) is 0. The summed E-state index contributed by atoms with van der Waals surface area (Å²) in [6.07, 6.45) is 0. The largest absolute Gasteiger partial charge is 0.397 e. The first kappa shape index (κ1) is 14.2. The van der Waals surface area contributed by atoms with Gasteiger partial charge in [-0.1, -0.05) is 11.6 Å². The third-order valence-corrected chi connectivity index (χ3v) is 4.17. The van der Waals surface area contributed by atoms with Crippen molar-refractivity contribution >= 4 is 33.0 Å². The van der Waals surface area contributed by atoms with E-state index in [-0.39, 0.29) is 16.3 Å². The number of nitrogens with two attached hydrogens (primary N) is 1. The zero-order valence-corrected chi connectivity index (χ0v) is 11.7. The van der Waals surface area contributed by atoms with Gasteiger partial charge >= 0.3 is 0 Å². The second kappa shape index (κ2) is 5.41. The molecule has 0 aliphatic carbocycles. The summed E-state index contributed by atoms with van der Waals surface area (Å²) in [6, 6.07) is 12.0. The smallest absolute Gasteiger partial charge is 0.261 e. The molecule has 0 spiro atoms. The van der Waals surface area contributed by atoms with Gasteiger partial charge in [0.1, 0.15) is 0 Å². The van der Waals surface area contributed by atoms with Crippen molar-refractivity contribution in [3.05, 3.63) is 53.1 Å². The number of nitriles is 1. The Morgan fingerprint density at radius 3 is 2.40 bits per heavy atom. The van der Waals surface area contributed by atoms with Crippen molar-refractivity contribution in [2.24, 2.45) is 0 Å². The predicted molar refractivity (Wildman–Crippen MR) is 77.8 cm³/mol. The summed E-state index contributed by atoms with van der Waals surface area (Å²) >= 11 is 5.80. The van der Waals surface area contributed by atoms with E-state index in [2.05, 4.69) is 4.72 Å². The Hall–Kier alpha value is -2.23. The molecule has 0 unspecified atom stereocenters. The molecule has 102 valence electrons. The first-order chi connectivity index (χ1) is 9.42. The van der Waals surface area contributed by atoms with Crippen LogP contribution in [-0.4, -0.2) is 8.42 Å². The molecule has 0 fully saturated rings. The second-order valence-electron chi connectivity index (χ2n) is 3.97. The van der Waals surface area contributed by atoms with E-state index in [0.717, 1.165) is 0 Å². The molecule has 0 saturated carbocycles. The van der Waals surface area contributed by atoms with Gasteiger partial charge in [-0.3, -0.25) is 4.72 Å². The Balaban J connectivity index is 2.35. The molecule has 0 radical (unpaired) electrons. The van der Waals surface area contributed by atoms with Gasteiger partial charge in [-0.15, -0.1) is 0 Å². The molecule has 2 aromatic carbocycles. The summed E-state index contributed by atoms with van der Waals surface area (Å²) in [5, 5.41) is 9.06. The Labute approximate surface area is 121 Å². The molecule has 2 aromatic rings. The number of benzene rings is 2. The number of rotatable bonds is 3. The van der Waals surface area contributed by atoms with Crippen LogP contribution in [0.2, 0.25) is 5.02 Å². The van der Waals surface area contributed by atoms with Crippen LogP contribution in [0.15, 0.2) is 47.4 Å². The van der Waals surface area contributed by atoms with Crippen molar-refractivity contribution in [3.63, 3.8) is 0 Å².